The Kier molecular flexibility index (Phi) is 6.69. The number of hydrogen-bond donors (Lipinski definition) is 1. The molecule has 3 fully saturated rings. The van der Waals surface area contributed by atoms with Gasteiger partial charge in [0.15, 0.2) is 0 Å². The Morgan fingerprint density at radius 3 is 2.15 bits per heavy atom. The lowest BCUT2D eigenvalue weighted by molar-refractivity contribution is -0.179. The monoisotopic (exact) mass is 493 g/mol. The number of carbonyl (C=O) groups is 1. The van der Waals surface area contributed by atoms with E-state index in [9.17, 15) is 36.2 Å². The van der Waals surface area contributed by atoms with Crippen LogP contribution in [0, 0.1) is 5.92 Å². The lowest BCUT2D eigenvalue weighted by Crippen LogP contribution is -2.52. The van der Waals surface area contributed by atoms with Crippen LogP contribution in [0.1, 0.15) is 49.7 Å². The number of piperidine rings is 2. The number of rotatable bonds is 3. The Morgan fingerprint density at radius 2 is 1.59 bits per heavy atom. The van der Waals surface area contributed by atoms with Crippen LogP contribution < -0.4 is 4.90 Å². The van der Waals surface area contributed by atoms with Crippen LogP contribution in [0.25, 0.3) is 0 Å². The van der Waals surface area contributed by atoms with Crippen molar-refractivity contribution < 1.29 is 36.2 Å². The minimum atomic E-state index is -4.56. The Morgan fingerprint density at radius 1 is 0.941 bits per heavy atom. The normalized spacial score (nSPS) is 22.5. The van der Waals surface area contributed by atoms with E-state index in [2.05, 4.69) is 4.90 Å². The zero-order valence-electron chi connectivity index (χ0n) is 18.8. The first-order valence-electron chi connectivity index (χ1n) is 11.6. The van der Waals surface area contributed by atoms with Gasteiger partial charge in [-0.15, -0.1) is 0 Å². The summed E-state index contributed by atoms with van der Waals surface area (Å²) in [4.78, 5) is 16.4. The lowest BCUT2D eigenvalue weighted by Gasteiger charge is -2.44. The maximum atomic E-state index is 13.7. The highest BCUT2D eigenvalue weighted by atomic mass is 19.4. The molecule has 1 N–H and O–H groups in total. The fraction of sp³-hybridized carbons (Fsp3) is 0.696. The quantitative estimate of drug-likeness (QED) is 0.558. The summed E-state index contributed by atoms with van der Waals surface area (Å²) in [5.74, 6) is -1.42. The van der Waals surface area contributed by atoms with Gasteiger partial charge in [0.2, 0.25) is 0 Å². The molecule has 4 rings (SSSR count). The van der Waals surface area contributed by atoms with Gasteiger partial charge < -0.3 is 14.9 Å². The Hall–Kier alpha value is -2.17. The van der Waals surface area contributed by atoms with Gasteiger partial charge in [0.05, 0.1) is 11.5 Å². The van der Waals surface area contributed by atoms with Gasteiger partial charge in [-0.3, -0.25) is 4.90 Å². The van der Waals surface area contributed by atoms with Crippen LogP contribution in [0.5, 0.6) is 0 Å². The predicted molar refractivity (Wildman–Crippen MR) is 114 cm³/mol. The van der Waals surface area contributed by atoms with Gasteiger partial charge in [-0.2, -0.15) is 26.3 Å². The van der Waals surface area contributed by atoms with Crippen molar-refractivity contribution in [1.82, 2.24) is 9.80 Å². The molecule has 0 saturated carbocycles. The maximum absolute atomic E-state index is 13.7. The molecule has 5 nitrogen and oxygen atoms in total. The van der Waals surface area contributed by atoms with E-state index in [4.69, 9.17) is 0 Å². The molecule has 1 aromatic rings. The number of carboxylic acid groups (broad SMARTS) is 1. The average Bonchev–Trinajstić information content (AvgIpc) is 3.14. The number of halogens is 6. The summed E-state index contributed by atoms with van der Waals surface area (Å²) in [6.45, 7) is 1.92. The number of likely N-dealkylation sites (tertiary alicyclic amines) is 2. The van der Waals surface area contributed by atoms with Gasteiger partial charge in [0, 0.05) is 44.0 Å². The van der Waals surface area contributed by atoms with Crippen LogP contribution in [0.15, 0.2) is 18.2 Å². The summed E-state index contributed by atoms with van der Waals surface area (Å²) in [6.07, 6.45) is -7.05. The van der Waals surface area contributed by atoms with Crippen molar-refractivity contribution >= 4 is 11.8 Å². The third-order valence-electron chi connectivity index (χ3n) is 7.71. The first-order valence-corrected chi connectivity index (χ1v) is 11.6. The van der Waals surface area contributed by atoms with Crippen LogP contribution >= 0.6 is 0 Å². The molecule has 3 saturated heterocycles. The van der Waals surface area contributed by atoms with Crippen LogP contribution in [0.4, 0.5) is 36.8 Å². The molecule has 0 atom stereocenters. The Labute approximate surface area is 194 Å². The van der Waals surface area contributed by atoms with Crippen molar-refractivity contribution in [2.75, 3.05) is 37.6 Å². The second kappa shape index (κ2) is 9.13. The number of benzene rings is 1. The largest absolute Gasteiger partial charge is 0.465 e. The van der Waals surface area contributed by atoms with Crippen molar-refractivity contribution in [2.24, 2.45) is 5.92 Å². The first kappa shape index (κ1) is 24.9. The Bertz CT molecular complexity index is 888. The van der Waals surface area contributed by atoms with Crippen LogP contribution in [-0.4, -0.2) is 65.4 Å². The summed E-state index contributed by atoms with van der Waals surface area (Å²) in [6, 6.07) is 3.83. The van der Waals surface area contributed by atoms with Crippen LogP contribution in [0.2, 0.25) is 0 Å². The second-order valence-corrected chi connectivity index (χ2v) is 9.71. The summed E-state index contributed by atoms with van der Waals surface area (Å²) >= 11 is 0. The zero-order valence-corrected chi connectivity index (χ0v) is 18.8. The van der Waals surface area contributed by atoms with E-state index in [-0.39, 0.29) is 31.5 Å². The summed E-state index contributed by atoms with van der Waals surface area (Å²) < 4.78 is 80.1. The molecule has 1 spiro atoms. The number of nitrogens with zero attached hydrogens (tertiary/aromatic N) is 3. The van der Waals surface area contributed by atoms with E-state index in [1.54, 1.807) is 11.0 Å². The molecule has 11 heteroatoms. The van der Waals surface area contributed by atoms with E-state index in [1.807, 2.05) is 0 Å². The lowest BCUT2D eigenvalue weighted by atomic mass is 9.84. The zero-order chi connectivity index (χ0) is 24.7. The third-order valence-corrected chi connectivity index (χ3v) is 7.71. The molecular formula is C23H29F6N3O2. The fourth-order valence-corrected chi connectivity index (χ4v) is 5.72. The summed E-state index contributed by atoms with van der Waals surface area (Å²) in [5, 5.41) is 9.23. The molecule has 0 bridgehead atoms. The number of hydrogen-bond acceptors (Lipinski definition) is 3. The average molecular weight is 493 g/mol. The molecule has 3 aliphatic heterocycles. The highest BCUT2D eigenvalue weighted by Crippen LogP contribution is 2.41. The number of alkyl halides is 6. The van der Waals surface area contributed by atoms with Gasteiger partial charge in [0.25, 0.3) is 0 Å². The first-order chi connectivity index (χ1) is 15.9. The molecule has 0 aromatic heterocycles. The topological polar surface area (TPSA) is 47.0 Å². The van der Waals surface area contributed by atoms with Crippen molar-refractivity contribution in [1.29, 1.82) is 0 Å². The molecule has 0 aliphatic carbocycles. The van der Waals surface area contributed by atoms with Crippen molar-refractivity contribution in [3.63, 3.8) is 0 Å². The predicted octanol–water partition coefficient (Wildman–Crippen LogP) is 5.59. The van der Waals surface area contributed by atoms with Crippen LogP contribution in [0.3, 0.4) is 0 Å². The molecule has 0 unspecified atom stereocenters. The van der Waals surface area contributed by atoms with Gasteiger partial charge in [-0.05, 0) is 68.8 Å². The Balaban J connectivity index is 1.53. The molecule has 1 amide bonds. The van der Waals surface area contributed by atoms with Crippen molar-refractivity contribution in [2.45, 2.75) is 63.0 Å². The minimum absolute atomic E-state index is 0.0591. The standard InChI is InChI=1S/C23H29F6N3O2/c24-22(25,26)17-2-8-30(9-3-17)19-13-16(12-18(14-19)23(27,28)29)15-32-7-1-4-21(32)5-10-31(11-6-21)20(33)34/h12-14,17H,1-11,15H2,(H,33,34). The summed E-state index contributed by atoms with van der Waals surface area (Å²) in [7, 11) is 0. The smallest absolute Gasteiger partial charge is 0.416 e. The molecule has 3 heterocycles. The van der Waals surface area contributed by atoms with Crippen LogP contribution in [-0.2, 0) is 12.7 Å². The van der Waals surface area contributed by atoms with Crippen molar-refractivity contribution in [3.8, 4) is 0 Å². The van der Waals surface area contributed by atoms with E-state index in [1.165, 1.54) is 4.90 Å². The molecule has 190 valence electrons. The van der Waals surface area contributed by atoms with Crippen molar-refractivity contribution in [3.05, 3.63) is 29.3 Å². The minimum Gasteiger partial charge on any atom is -0.465 e. The maximum Gasteiger partial charge on any atom is 0.416 e. The third kappa shape index (κ3) is 5.23. The molecule has 3 aliphatic rings. The molecule has 1 aromatic carbocycles. The molecule has 0 radical (unpaired) electrons. The highest BCUT2D eigenvalue weighted by Gasteiger charge is 2.44. The van der Waals surface area contributed by atoms with E-state index >= 15 is 0 Å². The van der Waals surface area contributed by atoms with Gasteiger partial charge in [0.1, 0.15) is 0 Å². The van der Waals surface area contributed by atoms with Gasteiger partial charge in [-0.25, -0.2) is 4.79 Å². The van der Waals surface area contributed by atoms with E-state index in [0.29, 0.717) is 43.7 Å². The highest BCUT2D eigenvalue weighted by molar-refractivity contribution is 5.65. The fourth-order valence-electron chi connectivity index (χ4n) is 5.72. The summed E-state index contributed by atoms with van der Waals surface area (Å²) in [5.41, 5.74) is -0.248. The van der Waals surface area contributed by atoms with Gasteiger partial charge >= 0.3 is 18.4 Å². The number of anilines is 1. The van der Waals surface area contributed by atoms with E-state index < -0.39 is 29.9 Å². The molecule has 34 heavy (non-hydrogen) atoms. The van der Waals surface area contributed by atoms with E-state index in [0.717, 1.165) is 31.5 Å². The second-order valence-electron chi connectivity index (χ2n) is 9.71. The number of amides is 1. The van der Waals surface area contributed by atoms with Gasteiger partial charge in [-0.1, -0.05) is 0 Å². The SMILES string of the molecule is O=C(O)N1CCC2(CCCN2Cc2cc(N3CCC(C(F)(F)F)CC3)cc(C(F)(F)F)c2)CC1. The molecular weight excluding hydrogens is 464 g/mol.